The molecule has 0 aromatic heterocycles. The number of aldehydes is 1. The highest BCUT2D eigenvalue weighted by Gasteiger charge is 2.10. The molecule has 0 heterocycles. The van der Waals surface area contributed by atoms with E-state index in [9.17, 15) is 9.90 Å². The minimum absolute atomic E-state index is 0.0346. The number of aliphatic hydroxyl groups is 1. The fraction of sp³-hybridized carbons (Fsp3) is 0.350. The first-order chi connectivity index (χ1) is 12.2. The van der Waals surface area contributed by atoms with Crippen LogP contribution in [0.2, 0.25) is 0 Å². The molecule has 0 fully saturated rings. The molecule has 0 amide bonds. The Kier molecular flexibility index (Phi) is 7.95. The van der Waals surface area contributed by atoms with Crippen molar-refractivity contribution < 1.29 is 24.1 Å². The lowest BCUT2D eigenvalue weighted by Gasteiger charge is -2.15. The van der Waals surface area contributed by atoms with Crippen LogP contribution in [0.25, 0.3) is 0 Å². The molecule has 25 heavy (non-hydrogen) atoms. The van der Waals surface area contributed by atoms with Gasteiger partial charge in [0, 0.05) is 6.07 Å². The molecule has 2 rings (SSSR count). The predicted molar refractivity (Wildman–Crippen MR) is 95.2 cm³/mol. The molecular weight excluding hydrogens is 320 g/mol. The molecule has 2 aromatic rings. The molecule has 0 aliphatic carbocycles. The van der Waals surface area contributed by atoms with Crippen LogP contribution in [-0.4, -0.2) is 37.3 Å². The highest BCUT2D eigenvalue weighted by molar-refractivity contribution is 5.79. The van der Waals surface area contributed by atoms with Crippen LogP contribution in [0, 0.1) is 0 Å². The summed E-state index contributed by atoms with van der Waals surface area (Å²) in [5, 5.41) is 9.99. The van der Waals surface area contributed by atoms with Gasteiger partial charge in [0.2, 0.25) is 0 Å². The van der Waals surface area contributed by atoms with Gasteiger partial charge in [0.1, 0.15) is 24.2 Å². The van der Waals surface area contributed by atoms with Crippen molar-refractivity contribution in [2.45, 2.75) is 26.1 Å². The van der Waals surface area contributed by atoms with Gasteiger partial charge >= 0.3 is 0 Å². The molecule has 0 radical (unpaired) electrons. The normalized spacial score (nSPS) is 11.8. The van der Waals surface area contributed by atoms with Gasteiger partial charge in [-0.25, -0.2) is 0 Å². The van der Waals surface area contributed by atoms with Gasteiger partial charge in [0.15, 0.2) is 6.29 Å². The second kappa shape index (κ2) is 10.5. The molecule has 5 nitrogen and oxygen atoms in total. The number of carbonyl (C=O) groups excluding carboxylic acids is 1. The van der Waals surface area contributed by atoms with Gasteiger partial charge < -0.3 is 19.3 Å². The Hall–Kier alpha value is -2.37. The number of rotatable bonds is 11. The number of carbonyl (C=O) groups is 1. The van der Waals surface area contributed by atoms with Gasteiger partial charge in [0.25, 0.3) is 0 Å². The zero-order valence-electron chi connectivity index (χ0n) is 14.4. The summed E-state index contributed by atoms with van der Waals surface area (Å²) in [5.74, 6) is 1.03. The van der Waals surface area contributed by atoms with Gasteiger partial charge in [-0.3, -0.25) is 4.79 Å². The Labute approximate surface area is 148 Å². The molecule has 0 spiro atoms. The van der Waals surface area contributed by atoms with E-state index in [2.05, 4.69) is 0 Å². The Balaban J connectivity index is 1.81. The van der Waals surface area contributed by atoms with Gasteiger partial charge in [-0.1, -0.05) is 37.3 Å². The highest BCUT2D eigenvalue weighted by Crippen LogP contribution is 2.24. The molecule has 0 aliphatic heterocycles. The summed E-state index contributed by atoms with van der Waals surface area (Å²) >= 11 is 0. The number of aliphatic hydroxyl groups excluding tert-OH is 1. The van der Waals surface area contributed by atoms with Crippen LogP contribution < -0.4 is 9.47 Å². The Morgan fingerprint density at radius 1 is 1.08 bits per heavy atom. The van der Waals surface area contributed by atoms with Crippen molar-refractivity contribution in [1.82, 2.24) is 0 Å². The third-order valence-corrected chi connectivity index (χ3v) is 3.44. The van der Waals surface area contributed by atoms with E-state index >= 15 is 0 Å². The van der Waals surface area contributed by atoms with Crippen molar-refractivity contribution in [2.24, 2.45) is 0 Å². The maximum Gasteiger partial charge on any atom is 0.153 e. The predicted octanol–water partition coefficient (Wildman–Crippen LogP) is 3.24. The summed E-state index contributed by atoms with van der Waals surface area (Å²) in [7, 11) is 0. The van der Waals surface area contributed by atoms with Crippen LogP contribution in [0.15, 0.2) is 48.5 Å². The van der Waals surface area contributed by atoms with Crippen LogP contribution >= 0.6 is 0 Å². The molecule has 1 atom stereocenters. The first kappa shape index (κ1) is 19.0. The second-order valence-corrected chi connectivity index (χ2v) is 5.63. The van der Waals surface area contributed by atoms with E-state index in [1.807, 2.05) is 37.3 Å². The minimum Gasteiger partial charge on any atom is -0.493 e. The Morgan fingerprint density at radius 2 is 1.88 bits per heavy atom. The van der Waals surface area contributed by atoms with Crippen LogP contribution in [0.4, 0.5) is 0 Å². The van der Waals surface area contributed by atoms with Gasteiger partial charge in [0.05, 0.1) is 25.4 Å². The molecule has 5 heteroatoms. The highest BCUT2D eigenvalue weighted by atomic mass is 16.5. The van der Waals surface area contributed by atoms with Crippen molar-refractivity contribution in [1.29, 1.82) is 0 Å². The van der Waals surface area contributed by atoms with E-state index in [-0.39, 0.29) is 13.2 Å². The average Bonchev–Trinajstić information content (AvgIpc) is 2.65. The summed E-state index contributed by atoms with van der Waals surface area (Å²) in [6.07, 6.45) is 0.823. The lowest BCUT2D eigenvalue weighted by atomic mass is 10.2. The first-order valence-corrected chi connectivity index (χ1v) is 8.37. The molecule has 0 saturated heterocycles. The summed E-state index contributed by atoms with van der Waals surface area (Å²) in [4.78, 5) is 11.1. The number of benzene rings is 2. The van der Waals surface area contributed by atoms with Crippen LogP contribution in [0.5, 0.6) is 11.5 Å². The maximum absolute atomic E-state index is 11.1. The van der Waals surface area contributed by atoms with Crippen LogP contribution in [-0.2, 0) is 11.3 Å². The summed E-state index contributed by atoms with van der Waals surface area (Å²) < 4.78 is 16.6. The molecular formula is C20H24O5. The largest absolute Gasteiger partial charge is 0.493 e. The van der Waals surface area contributed by atoms with Gasteiger partial charge in [-0.2, -0.15) is 0 Å². The standard InChI is InChI=1S/C20H24O5/c1-2-10-24-19-9-8-17(12-21)20(11-19)25-15-18(22)14-23-13-16-6-4-3-5-7-16/h3-9,11-12,18,22H,2,10,13-15H2,1H3. The van der Waals surface area contributed by atoms with Crippen molar-refractivity contribution in [3.8, 4) is 11.5 Å². The Bertz CT molecular complexity index is 642. The van der Waals surface area contributed by atoms with Gasteiger partial charge in [-0.05, 0) is 24.1 Å². The minimum atomic E-state index is -0.788. The van der Waals surface area contributed by atoms with E-state index in [1.54, 1.807) is 18.2 Å². The lowest BCUT2D eigenvalue weighted by molar-refractivity contribution is 0.00535. The van der Waals surface area contributed by atoms with E-state index in [0.29, 0.717) is 30.3 Å². The van der Waals surface area contributed by atoms with Crippen molar-refractivity contribution >= 4 is 6.29 Å². The first-order valence-electron chi connectivity index (χ1n) is 8.37. The SMILES string of the molecule is CCCOc1ccc(C=O)c(OCC(O)COCc2ccccc2)c1. The quantitative estimate of drug-likeness (QED) is 0.634. The zero-order valence-corrected chi connectivity index (χ0v) is 14.4. The molecule has 0 aliphatic rings. The lowest BCUT2D eigenvalue weighted by Crippen LogP contribution is -2.23. The van der Waals surface area contributed by atoms with E-state index in [1.165, 1.54) is 0 Å². The second-order valence-electron chi connectivity index (χ2n) is 5.63. The van der Waals surface area contributed by atoms with Crippen LogP contribution in [0.1, 0.15) is 29.3 Å². The van der Waals surface area contributed by atoms with E-state index in [0.717, 1.165) is 18.3 Å². The van der Waals surface area contributed by atoms with Crippen molar-refractivity contribution in [3.63, 3.8) is 0 Å². The molecule has 134 valence electrons. The fourth-order valence-electron chi connectivity index (χ4n) is 2.17. The maximum atomic E-state index is 11.1. The summed E-state index contributed by atoms with van der Waals surface area (Å²) in [6.45, 7) is 3.22. The topological polar surface area (TPSA) is 65.0 Å². The smallest absolute Gasteiger partial charge is 0.153 e. The van der Waals surface area contributed by atoms with Crippen molar-refractivity contribution in [3.05, 3.63) is 59.7 Å². The third-order valence-electron chi connectivity index (χ3n) is 3.44. The molecule has 2 aromatic carbocycles. The number of hydrogen-bond donors (Lipinski definition) is 1. The molecule has 0 bridgehead atoms. The van der Waals surface area contributed by atoms with E-state index < -0.39 is 6.10 Å². The Morgan fingerprint density at radius 3 is 2.60 bits per heavy atom. The molecule has 1 unspecified atom stereocenters. The molecule has 1 N–H and O–H groups in total. The fourth-order valence-corrected chi connectivity index (χ4v) is 2.17. The van der Waals surface area contributed by atoms with E-state index in [4.69, 9.17) is 14.2 Å². The number of ether oxygens (including phenoxy) is 3. The number of hydrogen-bond acceptors (Lipinski definition) is 5. The summed E-state index contributed by atoms with van der Waals surface area (Å²) in [5.41, 5.74) is 1.46. The zero-order chi connectivity index (χ0) is 17.9. The van der Waals surface area contributed by atoms with Crippen molar-refractivity contribution in [2.75, 3.05) is 19.8 Å². The van der Waals surface area contributed by atoms with Crippen LogP contribution in [0.3, 0.4) is 0 Å². The average molecular weight is 344 g/mol. The summed E-state index contributed by atoms with van der Waals surface area (Å²) in [6, 6.07) is 14.8. The molecule has 0 saturated carbocycles. The third kappa shape index (κ3) is 6.57. The monoisotopic (exact) mass is 344 g/mol. The van der Waals surface area contributed by atoms with Gasteiger partial charge in [-0.15, -0.1) is 0 Å².